The number of aliphatic hydroxyl groups is 2. The highest BCUT2D eigenvalue weighted by atomic mass is 32.2. The minimum Gasteiger partial charge on any atom is -0.511 e. The van der Waals surface area contributed by atoms with Gasteiger partial charge < -0.3 is 10.2 Å². The zero-order chi connectivity index (χ0) is 24.2. The van der Waals surface area contributed by atoms with E-state index in [4.69, 9.17) is 0 Å². The number of benzene rings is 1. The van der Waals surface area contributed by atoms with E-state index in [-0.39, 0.29) is 34.4 Å². The molecule has 0 aliphatic carbocycles. The van der Waals surface area contributed by atoms with E-state index in [0.717, 1.165) is 40.7 Å². The molecule has 0 radical (unpaired) electrons. The summed E-state index contributed by atoms with van der Waals surface area (Å²) in [5.41, 5.74) is 2.51. The van der Waals surface area contributed by atoms with E-state index >= 15 is 0 Å². The monoisotopic (exact) mass is 468 g/mol. The van der Waals surface area contributed by atoms with Crippen LogP contribution in [0.3, 0.4) is 0 Å². The Balaban J connectivity index is 2.17. The molecule has 0 aliphatic rings. The van der Waals surface area contributed by atoms with Crippen molar-refractivity contribution in [2.45, 2.75) is 58.5 Å². The topological polar surface area (TPSA) is 83.3 Å². The fourth-order valence-corrected chi connectivity index (χ4v) is 4.42. The molecule has 5 nitrogen and oxygen atoms in total. The Morgan fingerprint density at radius 2 is 1.78 bits per heavy atom. The van der Waals surface area contributed by atoms with Crippen molar-refractivity contribution in [3.8, 4) is 0 Å². The van der Waals surface area contributed by atoms with Crippen LogP contribution in [0.4, 0.5) is 13.2 Å². The molecule has 1 heterocycles. The molecule has 0 aliphatic heterocycles. The summed E-state index contributed by atoms with van der Waals surface area (Å²) in [6.45, 7) is 8.72. The van der Waals surface area contributed by atoms with Gasteiger partial charge in [-0.3, -0.25) is 4.79 Å². The third-order valence-electron chi connectivity index (χ3n) is 5.03. The molecule has 2 atom stereocenters. The molecule has 1 aromatic heterocycles. The molecular formula is C23H27F3N2O3S. The van der Waals surface area contributed by atoms with Crippen molar-refractivity contribution < 1.29 is 28.2 Å². The minimum absolute atomic E-state index is 0.0473. The van der Waals surface area contributed by atoms with Gasteiger partial charge in [-0.05, 0) is 56.4 Å². The molecule has 174 valence electrons. The van der Waals surface area contributed by atoms with Gasteiger partial charge in [-0.25, -0.2) is 9.97 Å². The smallest absolute Gasteiger partial charge is 0.433 e. The van der Waals surface area contributed by atoms with Crippen LogP contribution in [0.1, 0.15) is 48.2 Å². The molecule has 2 aromatic rings. The summed E-state index contributed by atoms with van der Waals surface area (Å²) in [6.07, 6.45) is -4.70. The molecule has 32 heavy (non-hydrogen) atoms. The van der Waals surface area contributed by atoms with Crippen LogP contribution in [-0.4, -0.2) is 37.8 Å². The number of halogens is 3. The Morgan fingerprint density at radius 3 is 2.31 bits per heavy atom. The number of allylic oxidation sites excluding steroid dienone is 1. The van der Waals surface area contributed by atoms with Gasteiger partial charge in [-0.1, -0.05) is 36.4 Å². The number of nitrogens with zero attached hydrogens (tertiary/aromatic N) is 2. The van der Waals surface area contributed by atoms with E-state index in [1.165, 1.54) is 6.92 Å². The number of alkyl halides is 3. The standard InChI is InChI=1S/C23H27F3N2O3S/c1-12-8-13(2)20(14(3)9-12)21(16(5)29)18(31)10-17(30)15(4)11-32-22-27-7-6-19(28-22)23(24,25)26/h6-9,15,17,30-31H,10-11H2,1-5H3/b21-18-. The van der Waals surface area contributed by atoms with Crippen LogP contribution >= 0.6 is 11.8 Å². The van der Waals surface area contributed by atoms with Gasteiger partial charge in [-0.2, -0.15) is 13.2 Å². The molecule has 1 aromatic carbocycles. The predicted molar refractivity (Wildman–Crippen MR) is 118 cm³/mol. The normalized spacial score (nSPS) is 14.7. The van der Waals surface area contributed by atoms with Crippen LogP contribution in [0.25, 0.3) is 5.57 Å². The first-order valence-electron chi connectivity index (χ1n) is 10.0. The Labute approximate surface area is 189 Å². The van der Waals surface area contributed by atoms with Crippen LogP contribution in [0.15, 0.2) is 35.3 Å². The predicted octanol–water partition coefficient (Wildman–Crippen LogP) is 5.46. The SMILES string of the molecule is CC(=O)/C(=C(/O)CC(O)C(C)CSc1nccc(C(F)(F)F)n1)c1c(C)cc(C)cc1C. The molecular weight excluding hydrogens is 441 g/mol. The fourth-order valence-electron chi connectivity index (χ4n) is 3.48. The van der Waals surface area contributed by atoms with Crippen molar-refractivity contribution in [2.24, 2.45) is 5.92 Å². The van der Waals surface area contributed by atoms with Gasteiger partial charge in [0.1, 0.15) is 11.5 Å². The maximum absolute atomic E-state index is 12.8. The third kappa shape index (κ3) is 6.56. The summed E-state index contributed by atoms with van der Waals surface area (Å²) >= 11 is 0.985. The van der Waals surface area contributed by atoms with E-state index in [2.05, 4.69) is 9.97 Å². The van der Waals surface area contributed by atoms with Crippen LogP contribution in [-0.2, 0) is 11.0 Å². The Hall–Kier alpha value is -2.39. The first-order valence-corrected chi connectivity index (χ1v) is 11.0. The first kappa shape index (κ1) is 25.9. The van der Waals surface area contributed by atoms with Crippen molar-refractivity contribution >= 4 is 23.1 Å². The van der Waals surface area contributed by atoms with Crippen molar-refractivity contribution in [3.63, 3.8) is 0 Å². The number of carbonyl (C=O) groups is 1. The highest BCUT2D eigenvalue weighted by Crippen LogP contribution is 2.31. The second-order valence-electron chi connectivity index (χ2n) is 7.93. The lowest BCUT2D eigenvalue weighted by Gasteiger charge is -2.20. The van der Waals surface area contributed by atoms with Gasteiger partial charge in [0, 0.05) is 18.4 Å². The van der Waals surface area contributed by atoms with Crippen molar-refractivity contribution in [1.82, 2.24) is 9.97 Å². The molecule has 0 saturated carbocycles. The van der Waals surface area contributed by atoms with Crippen LogP contribution in [0.5, 0.6) is 0 Å². The maximum atomic E-state index is 12.8. The summed E-state index contributed by atoms with van der Waals surface area (Å²) < 4.78 is 38.4. The lowest BCUT2D eigenvalue weighted by atomic mass is 9.89. The van der Waals surface area contributed by atoms with E-state index in [1.807, 2.05) is 32.9 Å². The number of Topliss-reactive ketones (excluding diaryl/α,β-unsaturated/α-hetero) is 1. The summed E-state index contributed by atoms with van der Waals surface area (Å²) in [5.74, 6) is -0.710. The molecule has 9 heteroatoms. The lowest BCUT2D eigenvalue weighted by Crippen LogP contribution is -2.21. The molecule has 2 N–H and O–H groups in total. The number of hydrogen-bond acceptors (Lipinski definition) is 6. The second-order valence-corrected chi connectivity index (χ2v) is 8.92. The van der Waals surface area contributed by atoms with Crippen molar-refractivity contribution in [1.29, 1.82) is 0 Å². The lowest BCUT2D eigenvalue weighted by molar-refractivity contribution is -0.141. The van der Waals surface area contributed by atoms with Crippen molar-refractivity contribution in [3.05, 3.63) is 58.1 Å². The average molecular weight is 469 g/mol. The molecule has 0 spiro atoms. The molecule has 2 rings (SSSR count). The highest BCUT2D eigenvalue weighted by Gasteiger charge is 2.33. The average Bonchev–Trinajstić information content (AvgIpc) is 2.67. The maximum Gasteiger partial charge on any atom is 0.433 e. The molecule has 0 fully saturated rings. The number of hydrogen-bond donors (Lipinski definition) is 2. The van der Waals surface area contributed by atoms with E-state index in [1.54, 1.807) is 6.92 Å². The number of aromatic nitrogens is 2. The molecule has 0 amide bonds. The van der Waals surface area contributed by atoms with E-state index in [0.29, 0.717) is 5.56 Å². The summed E-state index contributed by atoms with van der Waals surface area (Å²) in [6, 6.07) is 4.64. The van der Waals surface area contributed by atoms with Gasteiger partial charge in [-0.15, -0.1) is 0 Å². The van der Waals surface area contributed by atoms with Gasteiger partial charge in [0.2, 0.25) is 0 Å². The van der Waals surface area contributed by atoms with Crippen LogP contribution in [0, 0.1) is 26.7 Å². The summed E-state index contributed by atoms with van der Waals surface area (Å²) in [4.78, 5) is 19.7. The second kappa shape index (κ2) is 10.5. The minimum atomic E-state index is -4.56. The Morgan fingerprint density at radius 1 is 1.19 bits per heavy atom. The molecule has 2 unspecified atom stereocenters. The zero-order valence-corrected chi connectivity index (χ0v) is 19.4. The Bertz CT molecular complexity index is 999. The van der Waals surface area contributed by atoms with E-state index < -0.39 is 23.9 Å². The van der Waals surface area contributed by atoms with Crippen molar-refractivity contribution in [2.75, 3.05) is 5.75 Å². The summed E-state index contributed by atoms with van der Waals surface area (Å²) in [7, 11) is 0. The van der Waals surface area contributed by atoms with Gasteiger partial charge in [0.25, 0.3) is 0 Å². The Kier molecular flexibility index (Phi) is 8.47. The number of rotatable bonds is 8. The highest BCUT2D eigenvalue weighted by molar-refractivity contribution is 7.99. The van der Waals surface area contributed by atoms with Crippen LogP contribution < -0.4 is 0 Å². The zero-order valence-electron chi connectivity index (χ0n) is 18.6. The number of thioether (sulfide) groups is 1. The number of carbonyl (C=O) groups excluding carboxylic acids is 1. The third-order valence-corrected chi connectivity index (χ3v) is 6.17. The number of aryl methyl sites for hydroxylation is 3. The molecule has 0 bridgehead atoms. The van der Waals surface area contributed by atoms with Gasteiger partial charge in [0.15, 0.2) is 10.9 Å². The van der Waals surface area contributed by atoms with Gasteiger partial charge in [0.05, 0.1) is 11.7 Å². The van der Waals surface area contributed by atoms with E-state index in [9.17, 15) is 28.2 Å². The first-order chi connectivity index (χ1) is 14.8. The number of aliphatic hydroxyl groups excluding tert-OH is 2. The number of ketones is 1. The summed E-state index contributed by atoms with van der Waals surface area (Å²) in [5, 5.41) is 21.2. The fraction of sp³-hybridized carbons (Fsp3) is 0.435. The quantitative estimate of drug-likeness (QED) is 0.232. The largest absolute Gasteiger partial charge is 0.511 e. The molecule has 0 saturated heterocycles. The van der Waals surface area contributed by atoms with Crippen LogP contribution in [0.2, 0.25) is 0 Å². The van der Waals surface area contributed by atoms with Gasteiger partial charge >= 0.3 is 6.18 Å².